The van der Waals surface area contributed by atoms with Gasteiger partial charge in [-0.15, -0.1) is 0 Å². The quantitative estimate of drug-likeness (QED) is 0.597. The number of rotatable bonds is 5. The predicted octanol–water partition coefficient (Wildman–Crippen LogP) is 3.61. The number of methoxy groups -OCH3 is 1. The van der Waals surface area contributed by atoms with E-state index in [-0.39, 0.29) is 12.5 Å². The van der Waals surface area contributed by atoms with Crippen molar-refractivity contribution < 1.29 is 19.1 Å². The van der Waals surface area contributed by atoms with Crippen LogP contribution in [0.4, 0.5) is 0 Å². The molecule has 1 amide bonds. The van der Waals surface area contributed by atoms with Crippen molar-refractivity contribution in [1.29, 1.82) is 0 Å². The summed E-state index contributed by atoms with van der Waals surface area (Å²) < 4.78 is 10.1. The van der Waals surface area contributed by atoms with Crippen LogP contribution < -0.4 is 4.74 Å². The highest BCUT2D eigenvalue weighted by atomic mass is 32.2. The molecule has 0 unspecified atom stereocenters. The van der Waals surface area contributed by atoms with E-state index >= 15 is 0 Å². The highest BCUT2D eigenvalue weighted by Gasteiger charge is 2.23. The van der Waals surface area contributed by atoms with Crippen LogP contribution in [0.5, 0.6) is 5.75 Å². The lowest BCUT2D eigenvalue weighted by Gasteiger charge is -2.08. The van der Waals surface area contributed by atoms with Crippen molar-refractivity contribution in [2.24, 2.45) is 4.99 Å². The third-order valence-electron chi connectivity index (χ3n) is 3.70. The number of carbonyl (C=O) groups is 2. The third kappa shape index (κ3) is 4.21. The first kappa shape index (κ1) is 17.9. The number of para-hydroxylation sites is 1. The van der Waals surface area contributed by atoms with Gasteiger partial charge in [0.25, 0.3) is 5.91 Å². The number of hydrogen-bond acceptors (Lipinski definition) is 5. The van der Waals surface area contributed by atoms with Crippen LogP contribution >= 0.6 is 11.8 Å². The standard InChI is InChI=1S/C20H17NO4S/c1-13-7-9-14(10-8-13)20-21-19(23)17(26-20)11-15-5-3-4-6-16(15)25-12-18(22)24-2/h3-11H,12H2,1-2H3/b17-11-. The molecule has 0 saturated carbocycles. The molecule has 26 heavy (non-hydrogen) atoms. The molecule has 3 rings (SSSR count). The summed E-state index contributed by atoms with van der Waals surface area (Å²) in [6, 6.07) is 15.1. The minimum absolute atomic E-state index is 0.192. The second kappa shape index (κ2) is 8.01. The maximum absolute atomic E-state index is 12.3. The lowest BCUT2D eigenvalue weighted by Crippen LogP contribution is -2.13. The van der Waals surface area contributed by atoms with E-state index in [0.717, 1.165) is 11.1 Å². The molecule has 0 aliphatic carbocycles. The van der Waals surface area contributed by atoms with E-state index < -0.39 is 5.97 Å². The fourth-order valence-electron chi connectivity index (χ4n) is 2.30. The summed E-state index contributed by atoms with van der Waals surface area (Å²) in [6.45, 7) is 1.82. The monoisotopic (exact) mass is 367 g/mol. The van der Waals surface area contributed by atoms with Crippen molar-refractivity contribution in [3.63, 3.8) is 0 Å². The Hall–Kier alpha value is -2.86. The van der Waals surface area contributed by atoms with Gasteiger partial charge in [-0.25, -0.2) is 9.79 Å². The van der Waals surface area contributed by atoms with Crippen molar-refractivity contribution in [2.75, 3.05) is 13.7 Å². The number of nitrogens with zero attached hydrogens (tertiary/aromatic N) is 1. The molecule has 132 valence electrons. The Labute approximate surface area is 155 Å². The summed E-state index contributed by atoms with van der Waals surface area (Å²) in [5.74, 6) is -0.250. The number of amides is 1. The summed E-state index contributed by atoms with van der Waals surface area (Å²) in [4.78, 5) is 28.2. The molecule has 0 bridgehead atoms. The summed E-state index contributed by atoms with van der Waals surface area (Å²) in [6.07, 6.45) is 1.73. The number of aryl methyl sites for hydroxylation is 1. The van der Waals surface area contributed by atoms with Crippen LogP contribution in [0.3, 0.4) is 0 Å². The zero-order valence-electron chi connectivity index (χ0n) is 14.4. The summed E-state index contributed by atoms with van der Waals surface area (Å²) in [5.41, 5.74) is 2.76. The van der Waals surface area contributed by atoms with Gasteiger partial charge in [0.05, 0.1) is 12.0 Å². The van der Waals surface area contributed by atoms with Gasteiger partial charge in [-0.2, -0.15) is 0 Å². The SMILES string of the molecule is COC(=O)COc1ccccc1/C=C1\SC(c2ccc(C)cc2)=NC1=O. The van der Waals surface area contributed by atoms with E-state index in [0.29, 0.717) is 21.3 Å². The molecule has 2 aromatic rings. The van der Waals surface area contributed by atoms with Crippen LogP contribution in [0.1, 0.15) is 16.7 Å². The van der Waals surface area contributed by atoms with Gasteiger partial charge in [0, 0.05) is 11.1 Å². The number of esters is 1. The number of benzene rings is 2. The number of ether oxygens (including phenoxy) is 2. The third-order valence-corrected chi connectivity index (χ3v) is 4.73. The van der Waals surface area contributed by atoms with E-state index in [1.807, 2.05) is 43.3 Å². The number of carbonyl (C=O) groups excluding carboxylic acids is 2. The molecular formula is C20H17NO4S. The lowest BCUT2D eigenvalue weighted by atomic mass is 10.2. The molecule has 0 saturated heterocycles. The highest BCUT2D eigenvalue weighted by molar-refractivity contribution is 8.19. The van der Waals surface area contributed by atoms with Gasteiger partial charge in [-0.05, 0) is 19.1 Å². The molecule has 0 N–H and O–H groups in total. The molecule has 5 nitrogen and oxygen atoms in total. The van der Waals surface area contributed by atoms with E-state index in [1.54, 1.807) is 18.2 Å². The van der Waals surface area contributed by atoms with Gasteiger partial charge in [0.2, 0.25) is 0 Å². The van der Waals surface area contributed by atoms with Crippen molar-refractivity contribution in [2.45, 2.75) is 6.92 Å². The highest BCUT2D eigenvalue weighted by Crippen LogP contribution is 2.33. The molecule has 0 fully saturated rings. The number of aliphatic imine (C=N–C) groups is 1. The maximum atomic E-state index is 12.3. The first-order valence-electron chi connectivity index (χ1n) is 7.95. The Morgan fingerprint density at radius 1 is 1.15 bits per heavy atom. The minimum atomic E-state index is -0.469. The Bertz CT molecular complexity index is 900. The maximum Gasteiger partial charge on any atom is 0.343 e. The van der Waals surface area contributed by atoms with Crippen LogP contribution in [0, 0.1) is 6.92 Å². The molecule has 6 heteroatoms. The van der Waals surface area contributed by atoms with Gasteiger partial charge in [0.1, 0.15) is 10.8 Å². The molecule has 2 aromatic carbocycles. The van der Waals surface area contributed by atoms with Gasteiger partial charge in [-0.3, -0.25) is 4.79 Å². The Kier molecular flexibility index (Phi) is 5.53. The summed E-state index contributed by atoms with van der Waals surface area (Å²) in [5, 5.41) is 0.675. The van der Waals surface area contributed by atoms with Gasteiger partial charge in [-0.1, -0.05) is 59.8 Å². The average molecular weight is 367 g/mol. The summed E-state index contributed by atoms with van der Waals surface area (Å²) >= 11 is 1.32. The number of thioether (sulfide) groups is 1. The summed E-state index contributed by atoms with van der Waals surface area (Å²) in [7, 11) is 1.30. The van der Waals surface area contributed by atoms with E-state index in [2.05, 4.69) is 9.73 Å². The molecule has 0 aromatic heterocycles. The van der Waals surface area contributed by atoms with Crippen molar-refractivity contribution >= 4 is 34.8 Å². The van der Waals surface area contributed by atoms with Crippen molar-refractivity contribution in [3.05, 3.63) is 70.1 Å². The van der Waals surface area contributed by atoms with Crippen molar-refractivity contribution in [3.8, 4) is 5.75 Å². The van der Waals surface area contributed by atoms with Gasteiger partial charge in [0.15, 0.2) is 6.61 Å². The Morgan fingerprint density at radius 3 is 2.62 bits per heavy atom. The molecule has 0 radical (unpaired) electrons. The van der Waals surface area contributed by atoms with Crippen molar-refractivity contribution in [1.82, 2.24) is 0 Å². The fourth-order valence-corrected chi connectivity index (χ4v) is 3.21. The first-order valence-corrected chi connectivity index (χ1v) is 8.76. The smallest absolute Gasteiger partial charge is 0.343 e. The second-order valence-electron chi connectivity index (χ2n) is 5.60. The Balaban J connectivity index is 1.80. The van der Waals surface area contributed by atoms with Gasteiger partial charge >= 0.3 is 5.97 Å². The number of hydrogen-bond donors (Lipinski definition) is 0. The lowest BCUT2D eigenvalue weighted by molar-refractivity contribution is -0.142. The van der Waals surface area contributed by atoms with Crippen LogP contribution in [-0.2, 0) is 14.3 Å². The van der Waals surface area contributed by atoms with E-state index in [4.69, 9.17) is 4.74 Å². The van der Waals surface area contributed by atoms with Crippen LogP contribution in [-0.4, -0.2) is 30.6 Å². The predicted molar refractivity (Wildman–Crippen MR) is 102 cm³/mol. The topological polar surface area (TPSA) is 65.0 Å². The van der Waals surface area contributed by atoms with Crippen LogP contribution in [0.25, 0.3) is 6.08 Å². The van der Waals surface area contributed by atoms with E-state index in [9.17, 15) is 9.59 Å². The normalized spacial score (nSPS) is 15.1. The fraction of sp³-hybridized carbons (Fsp3) is 0.150. The molecule has 1 aliphatic rings. The minimum Gasteiger partial charge on any atom is -0.481 e. The largest absolute Gasteiger partial charge is 0.481 e. The van der Waals surface area contributed by atoms with Gasteiger partial charge < -0.3 is 9.47 Å². The zero-order chi connectivity index (χ0) is 18.5. The second-order valence-corrected chi connectivity index (χ2v) is 6.63. The first-order chi connectivity index (χ1) is 12.6. The molecule has 0 atom stereocenters. The van der Waals surface area contributed by atoms with Crippen LogP contribution in [0.2, 0.25) is 0 Å². The molecule has 1 aliphatic heterocycles. The molecule has 0 spiro atoms. The average Bonchev–Trinajstić information content (AvgIpc) is 3.01. The zero-order valence-corrected chi connectivity index (χ0v) is 15.2. The molecule has 1 heterocycles. The molecular weight excluding hydrogens is 350 g/mol. The van der Waals surface area contributed by atoms with Crippen LogP contribution in [0.15, 0.2) is 58.4 Å². The van der Waals surface area contributed by atoms with E-state index in [1.165, 1.54) is 18.9 Å². The Morgan fingerprint density at radius 2 is 1.88 bits per heavy atom.